The summed E-state index contributed by atoms with van der Waals surface area (Å²) in [7, 11) is 0. The number of terminal acetylenes is 1. The van der Waals surface area contributed by atoms with Gasteiger partial charge in [-0.05, 0) is 6.42 Å². The maximum Gasteiger partial charge on any atom is 0.407 e. The zero-order valence-electron chi connectivity index (χ0n) is 6.60. The molecule has 2 atom stereocenters. The van der Waals surface area contributed by atoms with Crippen LogP contribution in [-0.4, -0.2) is 40.4 Å². The molecule has 0 radical (unpaired) electrons. The highest BCUT2D eigenvalue weighted by atomic mass is 16.4. The van der Waals surface area contributed by atoms with Gasteiger partial charge in [0.2, 0.25) is 0 Å². The monoisotopic (exact) mass is 169 g/mol. The Morgan fingerprint density at radius 1 is 1.67 bits per heavy atom. The van der Waals surface area contributed by atoms with Crippen LogP contribution >= 0.6 is 0 Å². The number of aliphatic hydroxyl groups is 1. The number of rotatable bonds is 0. The number of amides is 1. The van der Waals surface area contributed by atoms with Gasteiger partial charge in [-0.1, -0.05) is 0 Å². The van der Waals surface area contributed by atoms with Gasteiger partial charge in [0.15, 0.2) is 0 Å². The molecule has 2 N–H and O–H groups in total. The van der Waals surface area contributed by atoms with E-state index in [-0.39, 0.29) is 12.5 Å². The first-order valence-electron chi connectivity index (χ1n) is 3.77. The Balaban J connectivity index is 2.53. The summed E-state index contributed by atoms with van der Waals surface area (Å²) in [5.74, 6) is 2.25. The van der Waals surface area contributed by atoms with Crippen LogP contribution in [0.2, 0.25) is 0 Å². The molecule has 66 valence electrons. The molecular formula is C8H11NO3. The highest BCUT2D eigenvalue weighted by Gasteiger charge is 2.28. The van der Waals surface area contributed by atoms with Gasteiger partial charge in [0.1, 0.15) is 0 Å². The van der Waals surface area contributed by atoms with Crippen molar-refractivity contribution < 1.29 is 15.0 Å². The maximum atomic E-state index is 10.5. The first kappa shape index (κ1) is 8.88. The summed E-state index contributed by atoms with van der Waals surface area (Å²) in [4.78, 5) is 11.6. The molecule has 1 heterocycles. The third-order valence-electron chi connectivity index (χ3n) is 2.07. The van der Waals surface area contributed by atoms with E-state index in [1.54, 1.807) is 0 Å². The van der Waals surface area contributed by atoms with Crippen molar-refractivity contribution in [2.45, 2.75) is 12.5 Å². The summed E-state index contributed by atoms with van der Waals surface area (Å²) in [5, 5.41) is 17.9. The fourth-order valence-electron chi connectivity index (χ4n) is 1.30. The molecule has 0 unspecified atom stereocenters. The minimum atomic E-state index is -0.996. The molecule has 0 aromatic rings. The van der Waals surface area contributed by atoms with Crippen molar-refractivity contribution in [1.82, 2.24) is 4.90 Å². The van der Waals surface area contributed by atoms with Gasteiger partial charge in [0, 0.05) is 12.5 Å². The van der Waals surface area contributed by atoms with Gasteiger partial charge < -0.3 is 15.1 Å². The van der Waals surface area contributed by atoms with Gasteiger partial charge >= 0.3 is 6.09 Å². The molecule has 0 aliphatic carbocycles. The van der Waals surface area contributed by atoms with Crippen molar-refractivity contribution in [3.05, 3.63) is 0 Å². The Labute approximate surface area is 70.8 Å². The first-order valence-corrected chi connectivity index (χ1v) is 3.77. The summed E-state index contributed by atoms with van der Waals surface area (Å²) in [6, 6.07) is 0. The average Bonchev–Trinajstić information content (AvgIpc) is 2.04. The van der Waals surface area contributed by atoms with E-state index >= 15 is 0 Å². The van der Waals surface area contributed by atoms with Crippen LogP contribution in [-0.2, 0) is 0 Å². The lowest BCUT2D eigenvalue weighted by molar-refractivity contribution is 0.0439. The van der Waals surface area contributed by atoms with E-state index in [1.165, 1.54) is 4.90 Å². The molecule has 0 bridgehead atoms. The number of piperidine rings is 1. The second-order valence-electron chi connectivity index (χ2n) is 2.86. The van der Waals surface area contributed by atoms with Crippen molar-refractivity contribution in [3.63, 3.8) is 0 Å². The van der Waals surface area contributed by atoms with Crippen molar-refractivity contribution in [2.75, 3.05) is 13.1 Å². The molecule has 1 saturated heterocycles. The normalized spacial score (nSPS) is 29.5. The SMILES string of the molecule is C#C[C@@H]1CCN(C(=O)O)C[C@H]1O. The standard InChI is InChI=1S/C8H11NO3/c1-2-6-3-4-9(8(11)12)5-7(6)10/h1,6-7,10H,3-5H2,(H,11,12)/t6-,7-/m1/s1. The van der Waals surface area contributed by atoms with Crippen LogP contribution in [0.15, 0.2) is 0 Å². The predicted octanol–water partition coefficient (Wildman–Crippen LogP) is -0.0196. The largest absolute Gasteiger partial charge is 0.465 e. The van der Waals surface area contributed by atoms with Crippen molar-refractivity contribution in [2.24, 2.45) is 5.92 Å². The number of hydrogen-bond donors (Lipinski definition) is 2. The summed E-state index contributed by atoms with van der Waals surface area (Å²) >= 11 is 0. The predicted molar refractivity (Wildman–Crippen MR) is 42.5 cm³/mol. The zero-order valence-corrected chi connectivity index (χ0v) is 6.60. The van der Waals surface area contributed by atoms with Gasteiger partial charge in [-0.3, -0.25) is 0 Å². The molecule has 0 saturated carbocycles. The minimum absolute atomic E-state index is 0.129. The summed E-state index contributed by atoms with van der Waals surface area (Å²) in [5.41, 5.74) is 0. The topological polar surface area (TPSA) is 60.8 Å². The number of carboxylic acid groups (broad SMARTS) is 1. The Morgan fingerprint density at radius 2 is 2.33 bits per heavy atom. The Bertz CT molecular complexity index is 221. The van der Waals surface area contributed by atoms with Crippen LogP contribution in [0.5, 0.6) is 0 Å². The van der Waals surface area contributed by atoms with E-state index in [2.05, 4.69) is 5.92 Å². The third kappa shape index (κ3) is 1.69. The summed E-state index contributed by atoms with van der Waals surface area (Å²) in [6.45, 7) is 0.547. The van der Waals surface area contributed by atoms with Gasteiger partial charge in [0.05, 0.1) is 12.6 Å². The second kappa shape index (κ2) is 3.46. The van der Waals surface area contributed by atoms with E-state index < -0.39 is 12.2 Å². The van der Waals surface area contributed by atoms with Crippen LogP contribution in [0.4, 0.5) is 4.79 Å². The number of β-amino-alcohol motifs (C(OH)–C–C–N with tert-alkyl or cyclic N) is 1. The number of nitrogens with zero attached hydrogens (tertiary/aromatic N) is 1. The molecule has 1 aliphatic rings. The van der Waals surface area contributed by atoms with Crippen LogP contribution < -0.4 is 0 Å². The molecule has 1 aliphatic heterocycles. The number of hydrogen-bond acceptors (Lipinski definition) is 2. The highest BCUT2D eigenvalue weighted by Crippen LogP contribution is 2.16. The smallest absolute Gasteiger partial charge is 0.407 e. The molecular weight excluding hydrogens is 158 g/mol. The van der Waals surface area contributed by atoms with Crippen molar-refractivity contribution >= 4 is 6.09 Å². The molecule has 0 aromatic heterocycles. The van der Waals surface area contributed by atoms with E-state index in [1.807, 2.05) is 0 Å². The van der Waals surface area contributed by atoms with Gasteiger partial charge in [-0.2, -0.15) is 0 Å². The summed E-state index contributed by atoms with van der Waals surface area (Å²) in [6.07, 6.45) is 3.98. The van der Waals surface area contributed by atoms with E-state index in [0.717, 1.165) is 0 Å². The van der Waals surface area contributed by atoms with Crippen molar-refractivity contribution in [3.8, 4) is 12.3 Å². The molecule has 12 heavy (non-hydrogen) atoms. The minimum Gasteiger partial charge on any atom is -0.465 e. The van der Waals surface area contributed by atoms with Gasteiger partial charge in [-0.15, -0.1) is 12.3 Å². The quantitative estimate of drug-likeness (QED) is 0.501. The number of carbonyl (C=O) groups is 1. The first-order chi connectivity index (χ1) is 5.65. The van der Waals surface area contributed by atoms with Gasteiger partial charge in [-0.25, -0.2) is 4.79 Å². The Hall–Kier alpha value is -1.21. The number of likely N-dealkylation sites (tertiary alicyclic amines) is 1. The van der Waals surface area contributed by atoms with Crippen LogP contribution in [0.1, 0.15) is 6.42 Å². The highest BCUT2D eigenvalue weighted by molar-refractivity contribution is 5.65. The lowest BCUT2D eigenvalue weighted by Crippen LogP contribution is -2.45. The number of aliphatic hydroxyl groups excluding tert-OH is 1. The third-order valence-corrected chi connectivity index (χ3v) is 2.07. The molecule has 0 spiro atoms. The molecule has 1 amide bonds. The fourth-order valence-corrected chi connectivity index (χ4v) is 1.30. The zero-order chi connectivity index (χ0) is 9.14. The average molecular weight is 169 g/mol. The Kier molecular flexibility index (Phi) is 2.56. The van der Waals surface area contributed by atoms with Crippen LogP contribution in [0.3, 0.4) is 0 Å². The molecule has 4 heteroatoms. The van der Waals surface area contributed by atoms with E-state index in [9.17, 15) is 9.90 Å². The lowest BCUT2D eigenvalue weighted by atomic mass is 9.95. The fraction of sp³-hybridized carbons (Fsp3) is 0.625. The lowest BCUT2D eigenvalue weighted by Gasteiger charge is -2.31. The molecule has 0 aromatic carbocycles. The van der Waals surface area contributed by atoms with Crippen LogP contribution in [0, 0.1) is 18.3 Å². The van der Waals surface area contributed by atoms with Gasteiger partial charge in [0.25, 0.3) is 0 Å². The Morgan fingerprint density at radius 3 is 2.75 bits per heavy atom. The van der Waals surface area contributed by atoms with Crippen LogP contribution in [0.25, 0.3) is 0 Å². The maximum absolute atomic E-state index is 10.5. The second-order valence-corrected chi connectivity index (χ2v) is 2.86. The molecule has 1 rings (SSSR count). The molecule has 1 fully saturated rings. The summed E-state index contributed by atoms with van der Waals surface area (Å²) < 4.78 is 0. The van der Waals surface area contributed by atoms with E-state index in [0.29, 0.717) is 13.0 Å². The van der Waals surface area contributed by atoms with E-state index in [4.69, 9.17) is 11.5 Å². The van der Waals surface area contributed by atoms with Crippen molar-refractivity contribution in [1.29, 1.82) is 0 Å². The molecule has 4 nitrogen and oxygen atoms in total.